The summed E-state index contributed by atoms with van der Waals surface area (Å²) in [6, 6.07) is 10.8. The summed E-state index contributed by atoms with van der Waals surface area (Å²) in [4.78, 5) is 27.7. The van der Waals surface area contributed by atoms with E-state index in [1.54, 1.807) is 48.5 Å². The van der Waals surface area contributed by atoms with Crippen LogP contribution in [0.15, 0.2) is 42.6 Å². The molecule has 0 bridgehead atoms. The molecule has 5 N–H and O–H groups in total. The Balaban J connectivity index is 0.000000220. The van der Waals surface area contributed by atoms with Crippen LogP contribution in [0.25, 0.3) is 0 Å². The first-order valence-corrected chi connectivity index (χ1v) is 8.95. The van der Waals surface area contributed by atoms with Crippen molar-refractivity contribution in [3.63, 3.8) is 0 Å². The zero-order valence-electron chi connectivity index (χ0n) is 15.8. The second-order valence-corrected chi connectivity index (χ2v) is 6.85. The van der Waals surface area contributed by atoms with E-state index in [1.165, 1.54) is 0 Å². The number of amides is 2. The van der Waals surface area contributed by atoms with Crippen molar-refractivity contribution < 1.29 is 14.7 Å². The molecule has 8 nitrogen and oxygen atoms in total. The Morgan fingerprint density at radius 3 is 2.72 bits per heavy atom. The quantitative estimate of drug-likeness (QED) is 0.453. The standard InChI is InChI=1S/C15H12N4O.C6H9NO2/c1-2-10-5-3-6-11(9-10)19-15-12(7-4-8-18-15)13(16)14(17)20;1-7-4-2-3(4)5(8)6(7)9/h1,3-9,16H,(H2,17,20)(H,18,19);3-5,8H,2H2,1H3. The predicted octanol–water partition coefficient (Wildman–Crippen LogP) is 0.867. The lowest BCUT2D eigenvalue weighted by atomic mass is 10.1. The van der Waals surface area contributed by atoms with Gasteiger partial charge in [-0.3, -0.25) is 15.0 Å². The SMILES string of the molecule is C#Cc1cccc(Nc2ncccc2C(=N)C(N)=O)c1.CN1C(=O)C(O)C2CC21. The van der Waals surface area contributed by atoms with Crippen LogP contribution in [-0.2, 0) is 9.59 Å². The summed E-state index contributed by atoms with van der Waals surface area (Å²) in [6.07, 6.45) is 7.22. The van der Waals surface area contributed by atoms with E-state index < -0.39 is 12.0 Å². The Hall–Kier alpha value is -3.70. The van der Waals surface area contributed by atoms with Gasteiger partial charge in [0.05, 0.1) is 0 Å². The number of hydrogen-bond acceptors (Lipinski definition) is 6. The number of primary amides is 1. The number of pyridine rings is 1. The highest BCUT2D eigenvalue weighted by atomic mass is 16.3. The van der Waals surface area contributed by atoms with Gasteiger partial charge in [0.25, 0.3) is 11.8 Å². The average molecular weight is 391 g/mol. The monoisotopic (exact) mass is 391 g/mol. The summed E-state index contributed by atoms with van der Waals surface area (Å²) in [5.41, 5.74) is 6.61. The van der Waals surface area contributed by atoms with Crippen molar-refractivity contribution in [1.82, 2.24) is 9.88 Å². The van der Waals surface area contributed by atoms with E-state index in [-0.39, 0.29) is 17.5 Å². The highest BCUT2D eigenvalue weighted by Gasteiger charge is 2.56. The topological polar surface area (TPSA) is 132 Å². The van der Waals surface area contributed by atoms with Crippen LogP contribution in [0.4, 0.5) is 11.5 Å². The average Bonchev–Trinajstić information content (AvgIpc) is 3.49. The van der Waals surface area contributed by atoms with E-state index in [9.17, 15) is 9.59 Å². The number of fused-ring (bicyclic) bond motifs is 1. The lowest BCUT2D eigenvalue weighted by Crippen LogP contribution is -2.30. The van der Waals surface area contributed by atoms with Gasteiger partial charge in [-0.15, -0.1) is 6.42 Å². The minimum Gasteiger partial charge on any atom is -0.383 e. The van der Waals surface area contributed by atoms with Gasteiger partial charge in [-0.2, -0.15) is 0 Å². The van der Waals surface area contributed by atoms with Gasteiger partial charge in [0, 0.05) is 42.0 Å². The number of carbonyl (C=O) groups is 2. The van der Waals surface area contributed by atoms with E-state index in [4.69, 9.17) is 22.7 Å². The van der Waals surface area contributed by atoms with E-state index in [2.05, 4.69) is 16.2 Å². The number of carbonyl (C=O) groups excluding carboxylic acids is 2. The van der Waals surface area contributed by atoms with Gasteiger partial charge >= 0.3 is 0 Å². The highest BCUT2D eigenvalue weighted by molar-refractivity contribution is 6.44. The summed E-state index contributed by atoms with van der Waals surface area (Å²) in [6.45, 7) is 0. The summed E-state index contributed by atoms with van der Waals surface area (Å²) >= 11 is 0. The van der Waals surface area contributed by atoms with Crippen molar-refractivity contribution in [3.8, 4) is 12.3 Å². The second-order valence-electron chi connectivity index (χ2n) is 6.85. The van der Waals surface area contributed by atoms with Gasteiger partial charge in [0.1, 0.15) is 17.6 Å². The number of piperidine rings is 1. The first kappa shape index (κ1) is 20.0. The minimum atomic E-state index is -0.807. The molecule has 3 unspecified atom stereocenters. The third-order valence-corrected chi connectivity index (χ3v) is 4.92. The number of anilines is 2. The molecule has 2 amide bonds. The Morgan fingerprint density at radius 2 is 2.17 bits per heavy atom. The molecule has 1 saturated heterocycles. The molecule has 148 valence electrons. The Labute approximate surface area is 168 Å². The maximum atomic E-state index is 11.1. The fraction of sp³-hybridized carbons (Fsp3) is 0.238. The first-order valence-electron chi connectivity index (χ1n) is 8.95. The summed E-state index contributed by atoms with van der Waals surface area (Å²) in [5.74, 6) is 2.27. The van der Waals surface area contributed by atoms with Crippen LogP contribution in [0.5, 0.6) is 0 Å². The van der Waals surface area contributed by atoms with Crippen LogP contribution in [0.1, 0.15) is 17.5 Å². The van der Waals surface area contributed by atoms with E-state index >= 15 is 0 Å². The van der Waals surface area contributed by atoms with Gasteiger partial charge in [0.15, 0.2) is 0 Å². The Bertz CT molecular complexity index is 997. The lowest BCUT2D eigenvalue weighted by Gasteiger charge is -2.10. The van der Waals surface area contributed by atoms with Gasteiger partial charge in [0.2, 0.25) is 0 Å². The molecule has 2 fully saturated rings. The van der Waals surface area contributed by atoms with Gasteiger partial charge in [-0.1, -0.05) is 12.0 Å². The maximum Gasteiger partial charge on any atom is 0.267 e. The molecular formula is C21H21N5O3. The van der Waals surface area contributed by atoms with Crippen molar-refractivity contribution in [1.29, 1.82) is 5.41 Å². The third kappa shape index (κ3) is 4.25. The molecule has 0 spiro atoms. The van der Waals surface area contributed by atoms with Gasteiger partial charge in [-0.25, -0.2) is 4.98 Å². The largest absolute Gasteiger partial charge is 0.383 e. The number of benzene rings is 1. The van der Waals surface area contributed by atoms with Crippen LogP contribution < -0.4 is 11.1 Å². The molecule has 3 atom stereocenters. The van der Waals surface area contributed by atoms with Crippen LogP contribution in [0.2, 0.25) is 0 Å². The number of terminal acetylenes is 1. The van der Waals surface area contributed by atoms with Crippen LogP contribution >= 0.6 is 0 Å². The Morgan fingerprint density at radius 1 is 1.41 bits per heavy atom. The molecule has 2 aliphatic rings. The fourth-order valence-corrected chi connectivity index (χ4v) is 3.20. The summed E-state index contributed by atoms with van der Waals surface area (Å²) in [7, 11) is 1.75. The molecule has 8 heteroatoms. The van der Waals surface area contributed by atoms with Crippen molar-refractivity contribution in [2.75, 3.05) is 12.4 Å². The third-order valence-electron chi connectivity index (χ3n) is 4.92. The molecule has 0 radical (unpaired) electrons. The van der Waals surface area contributed by atoms with Crippen LogP contribution in [-0.4, -0.2) is 51.7 Å². The van der Waals surface area contributed by atoms with Gasteiger partial charge in [-0.05, 0) is 36.8 Å². The summed E-state index contributed by atoms with van der Waals surface area (Å²) in [5, 5.41) is 19.8. The first-order chi connectivity index (χ1) is 13.8. The molecule has 2 heterocycles. The summed E-state index contributed by atoms with van der Waals surface area (Å²) < 4.78 is 0. The maximum absolute atomic E-state index is 11.1. The van der Waals surface area contributed by atoms with Crippen molar-refractivity contribution in [2.24, 2.45) is 11.7 Å². The van der Waals surface area contributed by atoms with Crippen molar-refractivity contribution in [3.05, 3.63) is 53.7 Å². The molecule has 4 rings (SSSR count). The zero-order chi connectivity index (χ0) is 21.1. The number of likely N-dealkylation sites (N-methyl/N-ethyl adjacent to an activating group) is 1. The van der Waals surface area contributed by atoms with E-state index in [0.29, 0.717) is 17.4 Å². The zero-order valence-corrected chi connectivity index (χ0v) is 15.8. The highest BCUT2D eigenvalue weighted by Crippen LogP contribution is 2.44. The van der Waals surface area contributed by atoms with Gasteiger partial charge < -0.3 is 21.1 Å². The molecule has 2 aromatic rings. The molecule has 1 aromatic heterocycles. The molecule has 1 aliphatic carbocycles. The van der Waals surface area contributed by atoms with Crippen molar-refractivity contribution in [2.45, 2.75) is 18.6 Å². The normalized spacial score (nSPS) is 21.3. The number of hydrogen-bond donors (Lipinski definition) is 4. The number of likely N-dealkylation sites (tertiary alicyclic amines) is 1. The molecular weight excluding hydrogens is 370 g/mol. The number of aliphatic hydroxyl groups is 1. The fourth-order valence-electron chi connectivity index (χ4n) is 3.20. The molecule has 1 saturated carbocycles. The lowest BCUT2D eigenvalue weighted by molar-refractivity contribution is -0.135. The number of nitrogens with one attached hydrogen (secondary N) is 2. The number of aromatic nitrogens is 1. The van der Waals surface area contributed by atoms with Crippen molar-refractivity contribution >= 4 is 29.0 Å². The number of rotatable bonds is 4. The second kappa shape index (κ2) is 8.12. The van der Waals surface area contributed by atoms with Crippen LogP contribution in [0.3, 0.4) is 0 Å². The Kier molecular flexibility index (Phi) is 5.61. The minimum absolute atomic E-state index is 0.101. The number of aliphatic hydroxyl groups excluding tert-OH is 1. The number of nitrogens with two attached hydrogens (primary N) is 1. The predicted molar refractivity (Wildman–Crippen MR) is 109 cm³/mol. The smallest absolute Gasteiger partial charge is 0.267 e. The van der Waals surface area contributed by atoms with E-state index in [1.807, 2.05) is 6.07 Å². The molecule has 1 aromatic carbocycles. The molecule has 29 heavy (non-hydrogen) atoms. The molecule has 1 aliphatic heterocycles. The number of nitrogens with zero attached hydrogens (tertiary/aromatic N) is 2. The van der Waals surface area contributed by atoms with E-state index in [0.717, 1.165) is 17.7 Å². The van der Waals surface area contributed by atoms with Crippen LogP contribution in [0, 0.1) is 23.7 Å².